The average Bonchev–Trinajstić information content (AvgIpc) is 2.20. The number of esters is 1. The van der Waals surface area contributed by atoms with Crippen LogP contribution in [0.3, 0.4) is 0 Å². The fourth-order valence-corrected chi connectivity index (χ4v) is 2.17. The van der Waals surface area contributed by atoms with E-state index in [-0.39, 0.29) is 12.8 Å². The molecule has 0 saturated heterocycles. The second-order valence-electron chi connectivity index (χ2n) is 4.10. The molecule has 0 bridgehead atoms. The first-order valence-corrected chi connectivity index (χ1v) is 7.03. The molecule has 0 spiro atoms. The van der Waals surface area contributed by atoms with E-state index in [0.717, 1.165) is 0 Å². The Bertz CT molecular complexity index is 452. The van der Waals surface area contributed by atoms with Gasteiger partial charge in [0.05, 0.1) is 15.9 Å². The molecule has 12 heteroatoms. The quantitative estimate of drug-likeness (QED) is 0.418. The van der Waals surface area contributed by atoms with Crippen LogP contribution in [-0.2, 0) is 19.6 Å². The molecule has 21 heavy (non-hydrogen) atoms. The zero-order valence-corrected chi connectivity index (χ0v) is 11.4. The lowest BCUT2D eigenvalue weighted by Gasteiger charge is -2.36. The number of alkyl halides is 6. The maximum atomic E-state index is 12.7. The van der Waals surface area contributed by atoms with Gasteiger partial charge < -0.3 is 9.29 Å². The summed E-state index contributed by atoms with van der Waals surface area (Å²) in [5.74, 6) is -4.86. The molecule has 0 aliphatic heterocycles. The molecule has 0 aromatic rings. The third-order valence-electron chi connectivity index (χ3n) is 2.32. The van der Waals surface area contributed by atoms with Crippen LogP contribution in [0.4, 0.5) is 26.3 Å². The number of halogens is 6. The summed E-state index contributed by atoms with van der Waals surface area (Å²) in [4.78, 5) is 11.1. The molecule has 0 fully saturated rings. The van der Waals surface area contributed by atoms with Crippen LogP contribution in [0.15, 0.2) is 0 Å². The van der Waals surface area contributed by atoms with Crippen molar-refractivity contribution in [1.82, 2.24) is 0 Å². The highest BCUT2D eigenvalue weighted by Crippen LogP contribution is 2.47. The van der Waals surface area contributed by atoms with Crippen molar-refractivity contribution in [3.05, 3.63) is 0 Å². The Labute approximate surface area is 116 Å². The Kier molecular flexibility index (Phi) is 6.06. The molecule has 0 unspecified atom stereocenters. The van der Waals surface area contributed by atoms with Gasteiger partial charge in [0.2, 0.25) is 0 Å². The molecule has 0 N–H and O–H groups in total. The number of carbonyl (C=O) groups is 1. The fraction of sp³-hybridized carbons (Fsp3) is 0.889. The summed E-state index contributed by atoms with van der Waals surface area (Å²) in [6.45, 7) is 1.51. The number of rotatable bonds is 6. The maximum absolute atomic E-state index is 12.7. The Morgan fingerprint density at radius 3 is 1.81 bits per heavy atom. The molecule has 0 radical (unpaired) electrons. The Balaban J connectivity index is 5.77. The molecule has 0 rings (SSSR count). The smallest absolute Gasteiger partial charge is 0.438 e. The minimum atomic E-state index is -6.31. The summed E-state index contributed by atoms with van der Waals surface area (Å²) in [7, 11) is -5.98. The molecule has 0 aromatic heterocycles. The van der Waals surface area contributed by atoms with Crippen molar-refractivity contribution in [1.29, 1.82) is 0 Å². The Hall–Kier alpha value is -1.04. The molecular formula is C9H11F6O5S-. The summed E-state index contributed by atoms with van der Waals surface area (Å²) in [6, 6.07) is 0. The predicted molar refractivity (Wildman–Crippen MR) is 55.0 cm³/mol. The van der Waals surface area contributed by atoms with Crippen molar-refractivity contribution in [2.24, 2.45) is 0 Å². The first-order chi connectivity index (χ1) is 9.16. The SMILES string of the molecule is CCCCC(=O)OC(CS(=O)(=O)[O-])(C(F)(F)F)C(F)(F)F. The van der Waals surface area contributed by atoms with Gasteiger partial charge in [0.15, 0.2) is 0 Å². The van der Waals surface area contributed by atoms with Gasteiger partial charge in [-0.15, -0.1) is 0 Å². The minimum absolute atomic E-state index is 0.0608. The lowest BCUT2D eigenvalue weighted by molar-refractivity contribution is -0.361. The lowest BCUT2D eigenvalue weighted by atomic mass is 10.1. The summed E-state index contributed by atoms with van der Waals surface area (Å²) in [5.41, 5.74) is -5.37. The van der Waals surface area contributed by atoms with Gasteiger partial charge in [0, 0.05) is 6.42 Å². The van der Waals surface area contributed by atoms with E-state index in [1.807, 2.05) is 0 Å². The standard InChI is InChI=1S/C9H12F6O5S/c1-2-3-4-6(16)20-7(8(10,11)12,9(13,14)15)5-21(17,18)19/h2-5H2,1H3,(H,17,18,19)/p-1. The van der Waals surface area contributed by atoms with Gasteiger partial charge in [0.25, 0.3) is 0 Å². The largest absolute Gasteiger partial charge is 0.748 e. The first kappa shape index (κ1) is 20.0. The van der Waals surface area contributed by atoms with Gasteiger partial charge in [-0.3, -0.25) is 4.79 Å². The summed E-state index contributed by atoms with van der Waals surface area (Å²) in [6.07, 6.45) is -13.2. The van der Waals surface area contributed by atoms with Gasteiger partial charge in [-0.25, -0.2) is 8.42 Å². The van der Waals surface area contributed by atoms with Crippen molar-refractivity contribution >= 4 is 16.1 Å². The Morgan fingerprint density at radius 1 is 1.10 bits per heavy atom. The lowest BCUT2D eigenvalue weighted by Crippen LogP contribution is -2.63. The van der Waals surface area contributed by atoms with E-state index in [1.165, 1.54) is 6.92 Å². The third kappa shape index (κ3) is 5.34. The van der Waals surface area contributed by atoms with E-state index in [1.54, 1.807) is 0 Å². The molecule has 0 atom stereocenters. The summed E-state index contributed by atoms with van der Waals surface area (Å²) in [5, 5.41) is 0. The summed E-state index contributed by atoms with van der Waals surface area (Å²) >= 11 is 0. The number of hydrogen-bond donors (Lipinski definition) is 0. The van der Waals surface area contributed by atoms with Crippen LogP contribution in [0, 0.1) is 0 Å². The second kappa shape index (κ2) is 6.38. The normalized spacial score (nSPS) is 14.1. The molecule has 126 valence electrons. The van der Waals surface area contributed by atoms with Crippen LogP contribution < -0.4 is 0 Å². The third-order valence-corrected chi connectivity index (χ3v) is 3.08. The number of ether oxygens (including phenoxy) is 1. The molecule has 0 aromatic carbocycles. The van der Waals surface area contributed by atoms with Gasteiger partial charge in [-0.1, -0.05) is 13.3 Å². The van der Waals surface area contributed by atoms with Crippen LogP contribution in [0.5, 0.6) is 0 Å². The summed E-state index contributed by atoms with van der Waals surface area (Å²) < 4.78 is 111. The molecular weight excluding hydrogens is 334 g/mol. The van der Waals surface area contributed by atoms with E-state index in [2.05, 4.69) is 4.74 Å². The first-order valence-electron chi connectivity index (χ1n) is 5.45. The Morgan fingerprint density at radius 2 is 1.52 bits per heavy atom. The van der Waals surface area contributed by atoms with E-state index in [9.17, 15) is 44.1 Å². The molecule has 0 heterocycles. The number of unbranched alkanes of at least 4 members (excludes halogenated alkanes) is 1. The van der Waals surface area contributed by atoms with Crippen molar-refractivity contribution in [3.8, 4) is 0 Å². The van der Waals surface area contributed by atoms with Gasteiger partial charge >= 0.3 is 23.9 Å². The van der Waals surface area contributed by atoms with Crippen molar-refractivity contribution in [2.75, 3.05) is 5.75 Å². The molecule has 0 saturated carbocycles. The van der Waals surface area contributed by atoms with Crippen LogP contribution >= 0.6 is 0 Å². The highest BCUT2D eigenvalue weighted by atomic mass is 32.2. The molecule has 0 aliphatic rings. The molecule has 0 aliphatic carbocycles. The minimum Gasteiger partial charge on any atom is -0.748 e. The fourth-order valence-electron chi connectivity index (χ4n) is 1.28. The topological polar surface area (TPSA) is 83.5 Å². The van der Waals surface area contributed by atoms with Crippen LogP contribution in [0.1, 0.15) is 26.2 Å². The molecule has 0 amide bonds. The zero-order chi connectivity index (χ0) is 17.1. The number of carbonyl (C=O) groups excluding carboxylic acids is 1. The van der Waals surface area contributed by atoms with E-state index in [4.69, 9.17) is 0 Å². The van der Waals surface area contributed by atoms with E-state index >= 15 is 0 Å². The predicted octanol–water partition coefficient (Wildman–Crippen LogP) is 2.13. The van der Waals surface area contributed by atoms with Gasteiger partial charge in [-0.2, -0.15) is 26.3 Å². The van der Waals surface area contributed by atoms with Crippen LogP contribution in [-0.4, -0.2) is 42.6 Å². The van der Waals surface area contributed by atoms with Crippen LogP contribution in [0.25, 0.3) is 0 Å². The van der Waals surface area contributed by atoms with Gasteiger partial charge in [-0.05, 0) is 6.42 Å². The highest BCUT2D eigenvalue weighted by molar-refractivity contribution is 7.85. The van der Waals surface area contributed by atoms with Gasteiger partial charge in [0.1, 0.15) is 0 Å². The monoisotopic (exact) mass is 345 g/mol. The van der Waals surface area contributed by atoms with Crippen molar-refractivity contribution < 1.29 is 48.8 Å². The molecule has 5 nitrogen and oxygen atoms in total. The van der Waals surface area contributed by atoms with Crippen LogP contribution in [0.2, 0.25) is 0 Å². The second-order valence-corrected chi connectivity index (χ2v) is 5.51. The zero-order valence-electron chi connectivity index (χ0n) is 10.5. The van der Waals surface area contributed by atoms with Crippen molar-refractivity contribution in [3.63, 3.8) is 0 Å². The van der Waals surface area contributed by atoms with E-state index < -0.39 is 46.2 Å². The highest BCUT2D eigenvalue weighted by Gasteiger charge is 2.75. The number of hydrogen-bond acceptors (Lipinski definition) is 5. The maximum Gasteiger partial charge on any atom is 0.438 e. The van der Waals surface area contributed by atoms with E-state index in [0.29, 0.717) is 0 Å². The van der Waals surface area contributed by atoms with Crippen molar-refractivity contribution in [2.45, 2.75) is 44.1 Å². The average molecular weight is 345 g/mol.